The summed E-state index contributed by atoms with van der Waals surface area (Å²) in [6, 6.07) is 14.7. The van der Waals surface area contributed by atoms with Crippen LogP contribution in [-0.4, -0.2) is 36.6 Å². The van der Waals surface area contributed by atoms with Gasteiger partial charge in [0.2, 0.25) is 0 Å². The van der Waals surface area contributed by atoms with Crippen molar-refractivity contribution in [1.82, 2.24) is 10.5 Å². The van der Waals surface area contributed by atoms with Crippen LogP contribution < -0.4 is 5.32 Å². The van der Waals surface area contributed by atoms with Crippen molar-refractivity contribution in [3.05, 3.63) is 65.0 Å². The van der Waals surface area contributed by atoms with Gasteiger partial charge in [0.1, 0.15) is 11.5 Å². The second-order valence-corrected chi connectivity index (χ2v) is 7.85. The third-order valence-corrected chi connectivity index (χ3v) is 5.69. The first kappa shape index (κ1) is 21.0. The minimum atomic E-state index is -0.823. The van der Waals surface area contributed by atoms with Crippen LogP contribution in [-0.2, 0) is 28.9 Å². The fourth-order valence-corrected chi connectivity index (χ4v) is 3.95. The standard InChI is InChI=1S/C24H30N2O4/c1-2-21-22(30-26-23(21)24(27)25-14-18-9-11-28-16-18)10-12-29-15-17-7-8-19-5-3-4-6-20(19)13-17/h3-8,13,18,24-25,27H,2,9-12,14-16H2,1H3. The summed E-state index contributed by atoms with van der Waals surface area (Å²) in [5.41, 5.74) is 2.70. The molecule has 2 N–H and O–H groups in total. The molecule has 2 atom stereocenters. The van der Waals surface area contributed by atoms with E-state index >= 15 is 0 Å². The maximum Gasteiger partial charge on any atom is 0.151 e. The second kappa shape index (κ2) is 10.2. The zero-order chi connectivity index (χ0) is 20.8. The van der Waals surface area contributed by atoms with Crippen LogP contribution in [0.3, 0.4) is 0 Å². The van der Waals surface area contributed by atoms with Crippen LogP contribution in [0.2, 0.25) is 0 Å². The first-order valence-corrected chi connectivity index (χ1v) is 10.8. The molecule has 0 radical (unpaired) electrons. The highest BCUT2D eigenvalue weighted by Gasteiger charge is 2.23. The van der Waals surface area contributed by atoms with E-state index in [4.69, 9.17) is 14.0 Å². The van der Waals surface area contributed by atoms with Crippen molar-refractivity contribution in [3.8, 4) is 0 Å². The molecule has 1 aromatic heterocycles. The molecule has 4 rings (SSSR count). The lowest BCUT2D eigenvalue weighted by Gasteiger charge is -2.14. The number of aromatic nitrogens is 1. The average molecular weight is 411 g/mol. The van der Waals surface area contributed by atoms with Crippen molar-refractivity contribution in [2.24, 2.45) is 5.92 Å². The highest BCUT2D eigenvalue weighted by molar-refractivity contribution is 5.82. The highest BCUT2D eigenvalue weighted by Crippen LogP contribution is 2.22. The lowest BCUT2D eigenvalue weighted by molar-refractivity contribution is 0.116. The first-order valence-electron chi connectivity index (χ1n) is 10.8. The molecule has 0 saturated carbocycles. The zero-order valence-corrected chi connectivity index (χ0v) is 17.5. The van der Waals surface area contributed by atoms with Crippen LogP contribution in [0.5, 0.6) is 0 Å². The Morgan fingerprint density at radius 2 is 2.10 bits per heavy atom. The van der Waals surface area contributed by atoms with E-state index < -0.39 is 6.23 Å². The number of nitrogens with zero attached hydrogens (tertiary/aromatic N) is 1. The van der Waals surface area contributed by atoms with Gasteiger partial charge in [0.05, 0.1) is 19.8 Å². The zero-order valence-electron chi connectivity index (χ0n) is 17.5. The Morgan fingerprint density at radius 1 is 1.23 bits per heavy atom. The second-order valence-electron chi connectivity index (χ2n) is 7.85. The Balaban J connectivity index is 1.28. The van der Waals surface area contributed by atoms with Gasteiger partial charge < -0.3 is 19.1 Å². The third kappa shape index (κ3) is 5.08. The molecule has 2 aromatic carbocycles. The molecule has 1 fully saturated rings. The molecule has 0 bridgehead atoms. The molecule has 0 spiro atoms. The fourth-order valence-electron chi connectivity index (χ4n) is 3.95. The van der Waals surface area contributed by atoms with Gasteiger partial charge in [-0.1, -0.05) is 48.5 Å². The van der Waals surface area contributed by atoms with Crippen molar-refractivity contribution in [2.75, 3.05) is 26.4 Å². The topological polar surface area (TPSA) is 76.8 Å². The molecule has 3 aromatic rings. The highest BCUT2D eigenvalue weighted by atomic mass is 16.5. The van der Waals surface area contributed by atoms with Crippen molar-refractivity contribution in [2.45, 2.75) is 39.0 Å². The molecule has 6 nitrogen and oxygen atoms in total. The molecule has 0 amide bonds. The van der Waals surface area contributed by atoms with E-state index in [9.17, 15) is 5.11 Å². The van der Waals surface area contributed by atoms with Gasteiger partial charge >= 0.3 is 0 Å². The number of fused-ring (bicyclic) bond motifs is 1. The van der Waals surface area contributed by atoms with Crippen LogP contribution in [0.4, 0.5) is 0 Å². The predicted molar refractivity (Wildman–Crippen MR) is 115 cm³/mol. The van der Waals surface area contributed by atoms with E-state index in [0.717, 1.165) is 42.9 Å². The molecular weight excluding hydrogens is 380 g/mol. The monoisotopic (exact) mass is 410 g/mol. The lowest BCUT2D eigenvalue weighted by atomic mass is 10.1. The van der Waals surface area contributed by atoms with Crippen molar-refractivity contribution in [1.29, 1.82) is 0 Å². The number of ether oxygens (including phenoxy) is 2. The summed E-state index contributed by atoms with van der Waals surface area (Å²) in [4.78, 5) is 0. The van der Waals surface area contributed by atoms with Crippen LogP contribution in [0.15, 0.2) is 47.0 Å². The Kier molecular flexibility index (Phi) is 7.12. The molecule has 1 aliphatic rings. The predicted octanol–water partition coefficient (Wildman–Crippen LogP) is 3.77. The van der Waals surface area contributed by atoms with Gasteiger partial charge in [-0.2, -0.15) is 0 Å². The molecule has 1 saturated heterocycles. The summed E-state index contributed by atoms with van der Waals surface area (Å²) < 4.78 is 16.8. The molecule has 160 valence electrons. The molecule has 6 heteroatoms. The number of nitrogens with one attached hydrogen (secondary N) is 1. The van der Waals surface area contributed by atoms with Crippen LogP contribution in [0.25, 0.3) is 10.8 Å². The molecule has 30 heavy (non-hydrogen) atoms. The van der Waals surface area contributed by atoms with Gasteiger partial charge in [-0.05, 0) is 41.2 Å². The largest absolute Gasteiger partial charge is 0.381 e. The summed E-state index contributed by atoms with van der Waals surface area (Å²) in [7, 11) is 0. The van der Waals surface area contributed by atoms with Gasteiger partial charge in [-0.15, -0.1) is 0 Å². The smallest absolute Gasteiger partial charge is 0.151 e. The quantitative estimate of drug-likeness (QED) is 0.391. The summed E-state index contributed by atoms with van der Waals surface area (Å²) in [6.45, 7) is 5.40. The number of aliphatic hydroxyl groups is 1. The first-order chi connectivity index (χ1) is 14.7. The van der Waals surface area contributed by atoms with Crippen LogP contribution in [0.1, 0.15) is 42.2 Å². The number of hydrogen-bond donors (Lipinski definition) is 2. The maximum atomic E-state index is 10.5. The van der Waals surface area contributed by atoms with E-state index in [1.807, 2.05) is 19.1 Å². The Morgan fingerprint density at radius 3 is 2.90 bits per heavy atom. The maximum absolute atomic E-state index is 10.5. The Bertz CT molecular complexity index is 949. The minimum Gasteiger partial charge on any atom is -0.381 e. The summed E-state index contributed by atoms with van der Waals surface area (Å²) >= 11 is 0. The van der Waals surface area contributed by atoms with E-state index in [2.05, 4.69) is 40.8 Å². The summed E-state index contributed by atoms with van der Waals surface area (Å²) in [5.74, 6) is 1.23. The SMILES string of the molecule is CCc1c(C(O)NCC2CCOC2)noc1CCOCc1ccc2ccccc2c1. The summed E-state index contributed by atoms with van der Waals surface area (Å²) in [5, 5.41) is 20.2. The van der Waals surface area contributed by atoms with Crippen LogP contribution >= 0.6 is 0 Å². The van der Waals surface area contributed by atoms with Gasteiger partial charge in [0.15, 0.2) is 6.23 Å². The molecular formula is C24H30N2O4. The summed E-state index contributed by atoms with van der Waals surface area (Å²) in [6.07, 6.45) is 1.59. The Labute approximate surface area is 177 Å². The number of benzene rings is 2. The van der Waals surface area contributed by atoms with Gasteiger partial charge in [-0.25, -0.2) is 0 Å². The fraction of sp³-hybridized carbons (Fsp3) is 0.458. The Hall–Kier alpha value is -2.25. The normalized spacial score (nSPS) is 17.6. The van der Waals surface area contributed by atoms with Gasteiger partial charge in [-0.3, -0.25) is 5.32 Å². The lowest BCUT2D eigenvalue weighted by Crippen LogP contribution is -2.28. The average Bonchev–Trinajstić information content (AvgIpc) is 3.44. The van der Waals surface area contributed by atoms with Crippen LogP contribution in [0, 0.1) is 5.92 Å². The van der Waals surface area contributed by atoms with Crippen molar-refractivity contribution >= 4 is 10.8 Å². The van der Waals surface area contributed by atoms with E-state index in [-0.39, 0.29) is 0 Å². The third-order valence-electron chi connectivity index (χ3n) is 5.69. The van der Waals surface area contributed by atoms with Gasteiger partial charge in [0, 0.05) is 25.1 Å². The number of hydrogen-bond acceptors (Lipinski definition) is 6. The van der Waals surface area contributed by atoms with E-state index in [1.165, 1.54) is 10.8 Å². The molecule has 0 aliphatic carbocycles. The molecule has 2 unspecified atom stereocenters. The molecule has 1 aliphatic heterocycles. The minimum absolute atomic E-state index is 0.444. The number of aliphatic hydroxyl groups excluding tert-OH is 1. The van der Waals surface area contributed by atoms with Crippen molar-refractivity contribution in [3.63, 3.8) is 0 Å². The molecule has 2 heterocycles. The van der Waals surface area contributed by atoms with E-state index in [0.29, 0.717) is 37.8 Å². The van der Waals surface area contributed by atoms with E-state index in [1.54, 1.807) is 0 Å². The number of rotatable bonds is 10. The van der Waals surface area contributed by atoms with Crippen molar-refractivity contribution < 1.29 is 19.1 Å². The van der Waals surface area contributed by atoms with Gasteiger partial charge in [0.25, 0.3) is 0 Å².